The maximum Gasteiger partial charge on any atom is 0.321 e. The molecule has 0 saturated heterocycles. The molecule has 21 heavy (non-hydrogen) atoms. The summed E-state index contributed by atoms with van der Waals surface area (Å²) in [6.45, 7) is 1.80. The van der Waals surface area contributed by atoms with Crippen molar-refractivity contribution >= 4 is 26.8 Å². The fraction of sp³-hybridized carbons (Fsp3) is 0.286. The number of fused-ring (bicyclic) bond motifs is 1. The Morgan fingerprint density at radius 2 is 2.14 bits per heavy atom. The van der Waals surface area contributed by atoms with Gasteiger partial charge >= 0.3 is 5.97 Å². The summed E-state index contributed by atoms with van der Waals surface area (Å²) < 4.78 is 27.1. The predicted octanol–water partition coefficient (Wildman–Crippen LogP) is 1.77. The van der Waals surface area contributed by atoms with Crippen LogP contribution in [0.2, 0.25) is 0 Å². The Kier molecular flexibility index (Phi) is 4.54. The van der Waals surface area contributed by atoms with Crippen molar-refractivity contribution < 1.29 is 18.3 Å². The lowest BCUT2D eigenvalue weighted by Gasteiger charge is -2.15. The summed E-state index contributed by atoms with van der Waals surface area (Å²) in [6, 6.07) is 5.28. The van der Waals surface area contributed by atoms with Crippen molar-refractivity contribution in [1.29, 1.82) is 0 Å². The Morgan fingerprint density at radius 3 is 2.81 bits per heavy atom. The van der Waals surface area contributed by atoms with Crippen molar-refractivity contribution in [3.8, 4) is 0 Å². The van der Waals surface area contributed by atoms with Crippen molar-refractivity contribution in [3.05, 3.63) is 36.7 Å². The molecule has 0 fully saturated rings. The first-order valence-electron chi connectivity index (χ1n) is 6.53. The topological polar surface area (TPSA) is 96.4 Å². The third kappa shape index (κ3) is 3.37. The molecule has 0 aliphatic carbocycles. The Balaban J connectivity index is 2.44. The first kappa shape index (κ1) is 15.4. The lowest BCUT2D eigenvalue weighted by molar-refractivity contribution is -0.139. The highest BCUT2D eigenvalue weighted by Gasteiger charge is 2.25. The third-order valence-corrected chi connectivity index (χ3v) is 4.63. The van der Waals surface area contributed by atoms with Crippen molar-refractivity contribution in [2.75, 3.05) is 0 Å². The highest BCUT2D eigenvalue weighted by atomic mass is 32.2. The summed E-state index contributed by atoms with van der Waals surface area (Å²) in [5.41, 5.74) is 0. The average molecular weight is 308 g/mol. The quantitative estimate of drug-likeness (QED) is 0.847. The van der Waals surface area contributed by atoms with Crippen LogP contribution in [0.25, 0.3) is 10.8 Å². The molecule has 0 aliphatic heterocycles. The van der Waals surface area contributed by atoms with Crippen LogP contribution in [0, 0.1) is 0 Å². The Bertz CT molecular complexity index is 753. The van der Waals surface area contributed by atoms with Crippen LogP contribution in [0.1, 0.15) is 19.8 Å². The van der Waals surface area contributed by atoms with Gasteiger partial charge in [0.15, 0.2) is 0 Å². The van der Waals surface area contributed by atoms with Gasteiger partial charge in [-0.05, 0) is 18.6 Å². The second kappa shape index (κ2) is 6.19. The van der Waals surface area contributed by atoms with Gasteiger partial charge in [0, 0.05) is 23.2 Å². The van der Waals surface area contributed by atoms with E-state index < -0.39 is 22.0 Å². The summed E-state index contributed by atoms with van der Waals surface area (Å²) >= 11 is 0. The fourth-order valence-corrected chi connectivity index (χ4v) is 3.55. The van der Waals surface area contributed by atoms with Crippen LogP contribution in [0.5, 0.6) is 0 Å². The number of carboxylic acids is 1. The van der Waals surface area contributed by atoms with E-state index in [1.807, 2.05) is 0 Å². The smallest absolute Gasteiger partial charge is 0.321 e. The molecule has 2 aromatic rings. The largest absolute Gasteiger partial charge is 0.480 e. The second-order valence-corrected chi connectivity index (χ2v) is 6.34. The van der Waals surface area contributed by atoms with E-state index in [0.29, 0.717) is 17.2 Å². The molecule has 6 nitrogen and oxygen atoms in total. The van der Waals surface area contributed by atoms with Crippen LogP contribution in [-0.4, -0.2) is 30.5 Å². The zero-order valence-corrected chi connectivity index (χ0v) is 12.3. The molecule has 0 bridgehead atoms. The molecular weight excluding hydrogens is 292 g/mol. The van der Waals surface area contributed by atoms with E-state index in [-0.39, 0.29) is 11.3 Å². The van der Waals surface area contributed by atoms with Crippen LogP contribution in [0.3, 0.4) is 0 Å². The third-order valence-electron chi connectivity index (χ3n) is 3.10. The number of hydrogen-bond acceptors (Lipinski definition) is 4. The van der Waals surface area contributed by atoms with Gasteiger partial charge in [-0.25, -0.2) is 8.42 Å². The molecule has 1 unspecified atom stereocenters. The molecule has 7 heteroatoms. The van der Waals surface area contributed by atoms with E-state index >= 15 is 0 Å². The van der Waals surface area contributed by atoms with Gasteiger partial charge in [-0.3, -0.25) is 9.78 Å². The van der Waals surface area contributed by atoms with Crippen LogP contribution < -0.4 is 4.72 Å². The molecule has 2 N–H and O–H groups in total. The lowest BCUT2D eigenvalue weighted by atomic mass is 10.2. The Labute approximate surface area is 122 Å². The van der Waals surface area contributed by atoms with E-state index in [1.165, 1.54) is 12.3 Å². The molecule has 0 aliphatic rings. The van der Waals surface area contributed by atoms with Gasteiger partial charge in [-0.2, -0.15) is 4.72 Å². The highest BCUT2D eigenvalue weighted by Crippen LogP contribution is 2.22. The first-order valence-corrected chi connectivity index (χ1v) is 8.02. The van der Waals surface area contributed by atoms with Gasteiger partial charge in [-0.1, -0.05) is 25.5 Å². The number of aromatic nitrogens is 1. The zero-order chi connectivity index (χ0) is 15.5. The summed E-state index contributed by atoms with van der Waals surface area (Å²) in [6.07, 6.45) is 3.87. The van der Waals surface area contributed by atoms with Gasteiger partial charge in [0.1, 0.15) is 6.04 Å². The highest BCUT2D eigenvalue weighted by molar-refractivity contribution is 7.89. The number of benzene rings is 1. The summed E-state index contributed by atoms with van der Waals surface area (Å²) in [4.78, 5) is 15.1. The maximum atomic E-state index is 12.4. The number of pyridine rings is 1. The van der Waals surface area contributed by atoms with Gasteiger partial charge in [0.2, 0.25) is 10.0 Å². The van der Waals surface area contributed by atoms with Crippen molar-refractivity contribution in [2.24, 2.45) is 0 Å². The predicted molar refractivity (Wildman–Crippen MR) is 78.4 cm³/mol. The summed E-state index contributed by atoms with van der Waals surface area (Å²) in [5.74, 6) is -1.18. The Morgan fingerprint density at radius 1 is 1.38 bits per heavy atom. The normalized spacial score (nSPS) is 13.2. The molecule has 0 amide bonds. The van der Waals surface area contributed by atoms with E-state index in [0.717, 1.165) is 0 Å². The number of sulfonamides is 1. The maximum absolute atomic E-state index is 12.4. The van der Waals surface area contributed by atoms with E-state index in [4.69, 9.17) is 5.11 Å². The number of hydrogen-bond donors (Lipinski definition) is 2. The van der Waals surface area contributed by atoms with Gasteiger partial charge in [0.25, 0.3) is 0 Å². The average Bonchev–Trinajstić information content (AvgIpc) is 2.46. The van der Waals surface area contributed by atoms with Gasteiger partial charge in [0.05, 0.1) is 4.90 Å². The number of aliphatic carboxylic acids is 1. The van der Waals surface area contributed by atoms with E-state index in [9.17, 15) is 13.2 Å². The molecule has 1 atom stereocenters. The van der Waals surface area contributed by atoms with Crippen LogP contribution in [0.4, 0.5) is 0 Å². The zero-order valence-electron chi connectivity index (χ0n) is 11.5. The monoisotopic (exact) mass is 308 g/mol. The van der Waals surface area contributed by atoms with Crippen LogP contribution >= 0.6 is 0 Å². The van der Waals surface area contributed by atoms with Crippen LogP contribution in [0.15, 0.2) is 41.6 Å². The molecule has 2 rings (SSSR count). The van der Waals surface area contributed by atoms with Crippen LogP contribution in [-0.2, 0) is 14.8 Å². The van der Waals surface area contributed by atoms with Crippen molar-refractivity contribution in [2.45, 2.75) is 30.7 Å². The number of carboxylic acid groups (broad SMARTS) is 1. The number of carbonyl (C=O) groups is 1. The lowest BCUT2D eigenvalue weighted by Crippen LogP contribution is -2.40. The second-order valence-electron chi connectivity index (χ2n) is 4.65. The molecule has 1 heterocycles. The summed E-state index contributed by atoms with van der Waals surface area (Å²) in [5, 5.41) is 10.3. The Hall–Kier alpha value is -1.99. The molecule has 1 aromatic carbocycles. The summed E-state index contributed by atoms with van der Waals surface area (Å²) in [7, 11) is -3.91. The standard InChI is InChI=1S/C14H16N2O4S/c1-2-4-12(14(17)18)16-21(19,20)13-6-3-5-10-9-15-8-7-11(10)13/h3,5-9,12,16H,2,4H2,1H3,(H,17,18). The molecule has 112 valence electrons. The minimum atomic E-state index is -3.91. The minimum absolute atomic E-state index is 0.0600. The van der Waals surface area contributed by atoms with Gasteiger partial charge in [-0.15, -0.1) is 0 Å². The molecule has 1 aromatic heterocycles. The van der Waals surface area contributed by atoms with Crippen molar-refractivity contribution in [1.82, 2.24) is 9.71 Å². The van der Waals surface area contributed by atoms with Gasteiger partial charge < -0.3 is 5.11 Å². The SMILES string of the molecule is CCCC(NS(=O)(=O)c1cccc2cnccc12)C(=O)O. The van der Waals surface area contributed by atoms with E-state index in [1.54, 1.807) is 31.3 Å². The number of rotatable bonds is 6. The number of nitrogens with zero attached hydrogens (tertiary/aromatic N) is 1. The van der Waals surface area contributed by atoms with E-state index in [2.05, 4.69) is 9.71 Å². The number of nitrogens with one attached hydrogen (secondary N) is 1. The fourth-order valence-electron chi connectivity index (χ4n) is 2.10. The molecule has 0 radical (unpaired) electrons. The van der Waals surface area contributed by atoms with Crippen molar-refractivity contribution in [3.63, 3.8) is 0 Å². The molecule has 0 saturated carbocycles. The molecule has 0 spiro atoms. The first-order chi connectivity index (χ1) is 9.95. The minimum Gasteiger partial charge on any atom is -0.480 e. The molecular formula is C14H16N2O4S.